The Morgan fingerprint density at radius 1 is 1.28 bits per heavy atom. The number of carbonyl (C=O) groups excluding carboxylic acids is 1. The highest BCUT2D eigenvalue weighted by Crippen LogP contribution is 2.32. The van der Waals surface area contributed by atoms with Crippen molar-refractivity contribution in [2.75, 3.05) is 23.3 Å². The molecule has 1 aromatic carbocycles. The van der Waals surface area contributed by atoms with Gasteiger partial charge in [-0.25, -0.2) is 9.37 Å². The number of nitrogens with zero attached hydrogens (tertiary/aromatic N) is 3. The molecular formula is C18H17FN4OS. The number of thiazole rings is 1. The maximum atomic E-state index is 13.3. The Balaban J connectivity index is 1.39. The van der Waals surface area contributed by atoms with Crippen LogP contribution in [0.5, 0.6) is 0 Å². The molecule has 2 aromatic heterocycles. The zero-order chi connectivity index (χ0) is 17.2. The fourth-order valence-electron chi connectivity index (χ4n) is 3.04. The minimum atomic E-state index is -0.242. The van der Waals surface area contributed by atoms with E-state index < -0.39 is 0 Å². The molecule has 0 atom stereocenters. The van der Waals surface area contributed by atoms with Gasteiger partial charge in [0.15, 0.2) is 5.13 Å². The topological polar surface area (TPSA) is 58.1 Å². The molecule has 7 heteroatoms. The molecule has 0 aliphatic carbocycles. The average Bonchev–Trinajstić information content (AvgIpc) is 3.06. The van der Waals surface area contributed by atoms with Crippen molar-refractivity contribution < 1.29 is 9.18 Å². The number of nitrogens with one attached hydrogen (secondary N) is 1. The molecule has 25 heavy (non-hydrogen) atoms. The molecule has 0 bridgehead atoms. The summed E-state index contributed by atoms with van der Waals surface area (Å²) < 4.78 is 14.2. The van der Waals surface area contributed by atoms with Gasteiger partial charge in [-0.2, -0.15) is 0 Å². The van der Waals surface area contributed by atoms with E-state index in [1.165, 1.54) is 23.5 Å². The number of anilines is 2. The van der Waals surface area contributed by atoms with Gasteiger partial charge in [0.05, 0.1) is 22.1 Å². The number of carbonyl (C=O) groups is 1. The molecule has 0 unspecified atom stereocenters. The molecule has 1 fully saturated rings. The number of fused-ring (bicyclic) bond motifs is 1. The van der Waals surface area contributed by atoms with Crippen molar-refractivity contribution in [1.82, 2.24) is 9.97 Å². The van der Waals surface area contributed by atoms with Crippen LogP contribution in [0.4, 0.5) is 15.2 Å². The second-order valence-electron chi connectivity index (χ2n) is 6.10. The SMILES string of the molecule is O=C(Nc1cccnc1)C1CCN(c2nc3ccc(F)cc3s2)CC1. The van der Waals surface area contributed by atoms with E-state index in [4.69, 9.17) is 0 Å². The molecular weight excluding hydrogens is 339 g/mol. The molecule has 3 heterocycles. The quantitative estimate of drug-likeness (QED) is 0.778. The van der Waals surface area contributed by atoms with Crippen molar-refractivity contribution in [3.63, 3.8) is 0 Å². The van der Waals surface area contributed by atoms with Crippen molar-refractivity contribution in [3.05, 3.63) is 48.5 Å². The summed E-state index contributed by atoms with van der Waals surface area (Å²) in [6.45, 7) is 1.54. The van der Waals surface area contributed by atoms with E-state index in [9.17, 15) is 9.18 Å². The summed E-state index contributed by atoms with van der Waals surface area (Å²) in [5.41, 5.74) is 1.54. The van der Waals surface area contributed by atoms with Crippen LogP contribution in [0.2, 0.25) is 0 Å². The Morgan fingerprint density at radius 2 is 2.12 bits per heavy atom. The van der Waals surface area contributed by atoms with Gasteiger partial charge in [0, 0.05) is 25.2 Å². The van der Waals surface area contributed by atoms with E-state index in [0.717, 1.165) is 47.0 Å². The van der Waals surface area contributed by atoms with E-state index in [1.807, 2.05) is 6.07 Å². The summed E-state index contributed by atoms with van der Waals surface area (Å²) in [6, 6.07) is 8.29. The number of hydrogen-bond acceptors (Lipinski definition) is 5. The standard InChI is InChI=1S/C18H17FN4OS/c19-13-3-4-15-16(10-13)25-18(22-15)23-8-5-12(6-9-23)17(24)21-14-2-1-7-20-11-14/h1-4,7,10-12H,5-6,8-9H2,(H,21,24). The van der Waals surface area contributed by atoms with Crippen molar-refractivity contribution in [1.29, 1.82) is 0 Å². The lowest BCUT2D eigenvalue weighted by atomic mass is 9.96. The lowest BCUT2D eigenvalue weighted by molar-refractivity contribution is -0.120. The molecule has 3 aromatic rings. The van der Waals surface area contributed by atoms with E-state index in [2.05, 4.69) is 20.2 Å². The molecule has 5 nitrogen and oxygen atoms in total. The molecule has 0 radical (unpaired) electrons. The second-order valence-corrected chi connectivity index (χ2v) is 7.11. The van der Waals surface area contributed by atoms with Crippen LogP contribution in [0, 0.1) is 11.7 Å². The summed E-state index contributed by atoms with van der Waals surface area (Å²) in [6.07, 6.45) is 4.87. The molecule has 1 aliphatic rings. The van der Waals surface area contributed by atoms with Crippen LogP contribution < -0.4 is 10.2 Å². The zero-order valence-electron chi connectivity index (χ0n) is 13.5. The van der Waals surface area contributed by atoms with Gasteiger partial charge < -0.3 is 10.2 Å². The highest BCUT2D eigenvalue weighted by atomic mass is 32.1. The lowest BCUT2D eigenvalue weighted by Gasteiger charge is -2.30. The third kappa shape index (κ3) is 3.46. The maximum Gasteiger partial charge on any atom is 0.227 e. The van der Waals surface area contributed by atoms with E-state index >= 15 is 0 Å². The first kappa shape index (κ1) is 16.0. The van der Waals surface area contributed by atoms with Crippen LogP contribution in [-0.4, -0.2) is 29.0 Å². The summed E-state index contributed by atoms with van der Waals surface area (Å²) in [5.74, 6) is -0.212. The maximum absolute atomic E-state index is 13.3. The predicted octanol–water partition coefficient (Wildman–Crippen LogP) is 3.69. The van der Waals surface area contributed by atoms with E-state index in [0.29, 0.717) is 0 Å². The summed E-state index contributed by atoms with van der Waals surface area (Å²) >= 11 is 1.50. The highest BCUT2D eigenvalue weighted by Gasteiger charge is 2.26. The highest BCUT2D eigenvalue weighted by molar-refractivity contribution is 7.22. The van der Waals surface area contributed by atoms with Crippen LogP contribution in [0.3, 0.4) is 0 Å². The Hall–Kier alpha value is -2.54. The first-order chi connectivity index (χ1) is 12.2. The number of pyridine rings is 1. The van der Waals surface area contributed by atoms with Crippen LogP contribution in [-0.2, 0) is 4.79 Å². The smallest absolute Gasteiger partial charge is 0.227 e. The number of rotatable bonds is 3. The predicted molar refractivity (Wildman–Crippen MR) is 97.4 cm³/mol. The fraction of sp³-hybridized carbons (Fsp3) is 0.278. The number of amides is 1. The Bertz CT molecular complexity index is 890. The number of halogens is 1. The third-order valence-electron chi connectivity index (χ3n) is 4.40. The monoisotopic (exact) mass is 356 g/mol. The Kier molecular flexibility index (Phi) is 4.31. The van der Waals surface area contributed by atoms with Gasteiger partial charge >= 0.3 is 0 Å². The van der Waals surface area contributed by atoms with Crippen molar-refractivity contribution in [3.8, 4) is 0 Å². The van der Waals surface area contributed by atoms with Gasteiger partial charge in [0.2, 0.25) is 5.91 Å². The Labute approximate surface area is 148 Å². The fourth-order valence-corrected chi connectivity index (χ4v) is 4.08. The van der Waals surface area contributed by atoms with Crippen molar-refractivity contribution >= 4 is 38.3 Å². The van der Waals surface area contributed by atoms with Gasteiger partial charge in [0.1, 0.15) is 5.82 Å². The van der Waals surface area contributed by atoms with Gasteiger partial charge in [0.25, 0.3) is 0 Å². The van der Waals surface area contributed by atoms with Crippen molar-refractivity contribution in [2.24, 2.45) is 5.92 Å². The zero-order valence-corrected chi connectivity index (χ0v) is 14.3. The van der Waals surface area contributed by atoms with Gasteiger partial charge in [-0.15, -0.1) is 0 Å². The minimum Gasteiger partial charge on any atom is -0.348 e. The van der Waals surface area contributed by atoms with Crippen LogP contribution in [0.15, 0.2) is 42.7 Å². The van der Waals surface area contributed by atoms with Crippen LogP contribution in [0.1, 0.15) is 12.8 Å². The Morgan fingerprint density at radius 3 is 2.88 bits per heavy atom. The normalized spacial score (nSPS) is 15.5. The molecule has 0 spiro atoms. The minimum absolute atomic E-state index is 0.0109. The van der Waals surface area contributed by atoms with Crippen LogP contribution >= 0.6 is 11.3 Å². The largest absolute Gasteiger partial charge is 0.348 e. The molecule has 1 aliphatic heterocycles. The summed E-state index contributed by atoms with van der Waals surface area (Å²) in [4.78, 5) is 23.1. The van der Waals surface area contributed by atoms with Gasteiger partial charge in [-0.05, 0) is 43.2 Å². The number of aromatic nitrogens is 2. The second kappa shape index (κ2) is 6.76. The van der Waals surface area contributed by atoms with Crippen molar-refractivity contribution in [2.45, 2.75) is 12.8 Å². The lowest BCUT2D eigenvalue weighted by Crippen LogP contribution is -2.38. The number of benzene rings is 1. The van der Waals surface area contributed by atoms with Crippen LogP contribution in [0.25, 0.3) is 10.2 Å². The summed E-state index contributed by atoms with van der Waals surface area (Å²) in [7, 11) is 0. The summed E-state index contributed by atoms with van der Waals surface area (Å²) in [5, 5.41) is 3.81. The number of hydrogen-bond donors (Lipinski definition) is 1. The van der Waals surface area contributed by atoms with E-state index in [-0.39, 0.29) is 17.6 Å². The van der Waals surface area contributed by atoms with Gasteiger partial charge in [-0.3, -0.25) is 9.78 Å². The average molecular weight is 356 g/mol. The first-order valence-electron chi connectivity index (χ1n) is 8.21. The third-order valence-corrected chi connectivity index (χ3v) is 5.48. The molecule has 4 rings (SSSR count). The first-order valence-corrected chi connectivity index (χ1v) is 9.02. The molecule has 1 N–H and O–H groups in total. The van der Waals surface area contributed by atoms with Gasteiger partial charge in [-0.1, -0.05) is 11.3 Å². The van der Waals surface area contributed by atoms with E-state index in [1.54, 1.807) is 24.5 Å². The molecule has 1 amide bonds. The number of piperidine rings is 1. The molecule has 128 valence electrons. The molecule has 0 saturated carbocycles. The molecule has 1 saturated heterocycles.